The molecule has 0 aromatic heterocycles. The number of rotatable bonds is 5. The smallest absolute Gasteiger partial charge is 0.126 e. The summed E-state index contributed by atoms with van der Waals surface area (Å²) in [5.74, 6) is 0.436. The molecule has 3 rings (SSSR count). The second-order valence-corrected chi connectivity index (χ2v) is 5.63. The van der Waals surface area contributed by atoms with Crippen LogP contribution in [0.2, 0.25) is 0 Å². The molecule has 0 saturated carbocycles. The fraction of sp³-hybridized carbons (Fsp3) is 0.333. The molecule has 116 valence electrons. The minimum atomic E-state index is -0.582. The number of hydrogen-bond donors (Lipinski definition) is 2. The number of aliphatic hydroxyl groups excluding tert-OH is 1. The second-order valence-electron chi connectivity index (χ2n) is 5.63. The van der Waals surface area contributed by atoms with Crippen LogP contribution in [0.25, 0.3) is 0 Å². The molecule has 0 radical (unpaired) electrons. The zero-order chi connectivity index (χ0) is 15.4. The molecule has 2 N–H and O–H groups in total. The Morgan fingerprint density at radius 2 is 2.05 bits per heavy atom. The van der Waals surface area contributed by atoms with Crippen LogP contribution in [0.1, 0.15) is 17.5 Å². The molecule has 2 aromatic carbocycles. The fourth-order valence-corrected chi connectivity index (χ4v) is 2.74. The zero-order valence-electron chi connectivity index (χ0n) is 12.3. The Bertz CT molecular complexity index is 618. The van der Waals surface area contributed by atoms with Gasteiger partial charge in [-0.05, 0) is 42.2 Å². The van der Waals surface area contributed by atoms with E-state index < -0.39 is 6.10 Å². The fourth-order valence-electron chi connectivity index (χ4n) is 2.74. The summed E-state index contributed by atoms with van der Waals surface area (Å²) in [4.78, 5) is 0. The Morgan fingerprint density at radius 1 is 1.23 bits per heavy atom. The SMILES string of the molecule is O[C@@H](CNCc1ccccc1)C1CCc2cc(F)ccc2O1. The van der Waals surface area contributed by atoms with Gasteiger partial charge in [0.1, 0.15) is 23.8 Å². The largest absolute Gasteiger partial charge is 0.487 e. The number of nitrogens with one attached hydrogen (secondary N) is 1. The van der Waals surface area contributed by atoms with E-state index in [1.807, 2.05) is 30.3 Å². The normalized spacial score (nSPS) is 18.4. The summed E-state index contributed by atoms with van der Waals surface area (Å²) in [5.41, 5.74) is 2.06. The van der Waals surface area contributed by atoms with E-state index in [1.165, 1.54) is 17.7 Å². The molecule has 0 fully saturated rings. The maximum Gasteiger partial charge on any atom is 0.126 e. The number of aliphatic hydroxyl groups is 1. The van der Waals surface area contributed by atoms with Crippen LogP contribution in [-0.4, -0.2) is 23.9 Å². The first-order chi connectivity index (χ1) is 10.7. The van der Waals surface area contributed by atoms with Crippen molar-refractivity contribution in [3.05, 3.63) is 65.5 Å². The average molecular weight is 301 g/mol. The van der Waals surface area contributed by atoms with Gasteiger partial charge in [-0.1, -0.05) is 30.3 Å². The molecule has 1 aliphatic rings. The first-order valence-electron chi connectivity index (χ1n) is 7.60. The minimum absolute atomic E-state index is 0.245. The van der Waals surface area contributed by atoms with Crippen molar-refractivity contribution in [2.45, 2.75) is 31.6 Å². The monoisotopic (exact) mass is 301 g/mol. The molecule has 4 heteroatoms. The van der Waals surface area contributed by atoms with Crippen molar-refractivity contribution in [3.8, 4) is 5.75 Å². The molecule has 0 amide bonds. The molecule has 1 heterocycles. The van der Waals surface area contributed by atoms with Gasteiger partial charge in [0.15, 0.2) is 0 Å². The van der Waals surface area contributed by atoms with E-state index in [0.29, 0.717) is 25.3 Å². The highest BCUT2D eigenvalue weighted by Crippen LogP contribution is 2.29. The van der Waals surface area contributed by atoms with Crippen LogP contribution >= 0.6 is 0 Å². The molecule has 0 bridgehead atoms. The molecule has 0 aliphatic carbocycles. The summed E-state index contributed by atoms with van der Waals surface area (Å²) < 4.78 is 19.0. The van der Waals surface area contributed by atoms with Crippen LogP contribution in [-0.2, 0) is 13.0 Å². The molecule has 1 aliphatic heterocycles. The third kappa shape index (κ3) is 3.64. The van der Waals surface area contributed by atoms with Crippen molar-refractivity contribution >= 4 is 0 Å². The topological polar surface area (TPSA) is 41.5 Å². The van der Waals surface area contributed by atoms with Gasteiger partial charge in [0.2, 0.25) is 0 Å². The van der Waals surface area contributed by atoms with Crippen LogP contribution < -0.4 is 10.1 Å². The Morgan fingerprint density at radius 3 is 2.86 bits per heavy atom. The van der Waals surface area contributed by atoms with E-state index in [0.717, 1.165) is 12.0 Å². The highest BCUT2D eigenvalue weighted by molar-refractivity contribution is 5.36. The maximum atomic E-state index is 13.2. The van der Waals surface area contributed by atoms with Crippen LogP contribution in [0.3, 0.4) is 0 Å². The van der Waals surface area contributed by atoms with E-state index in [1.54, 1.807) is 6.07 Å². The van der Waals surface area contributed by atoms with E-state index in [9.17, 15) is 9.50 Å². The third-order valence-electron chi connectivity index (χ3n) is 3.95. The van der Waals surface area contributed by atoms with Crippen molar-refractivity contribution in [1.82, 2.24) is 5.32 Å². The van der Waals surface area contributed by atoms with Crippen LogP contribution in [0.4, 0.5) is 4.39 Å². The lowest BCUT2D eigenvalue weighted by Gasteiger charge is -2.29. The van der Waals surface area contributed by atoms with E-state index >= 15 is 0 Å². The van der Waals surface area contributed by atoms with Crippen molar-refractivity contribution in [1.29, 1.82) is 0 Å². The standard InChI is InChI=1S/C18H20FNO2/c19-15-7-9-17-14(10-15)6-8-18(22-17)16(21)12-20-11-13-4-2-1-3-5-13/h1-5,7,9-10,16,18,20-21H,6,8,11-12H2/t16-,18?/m0/s1. The quantitative estimate of drug-likeness (QED) is 0.892. The van der Waals surface area contributed by atoms with Gasteiger partial charge in [-0.3, -0.25) is 0 Å². The molecule has 1 unspecified atom stereocenters. The minimum Gasteiger partial charge on any atom is -0.487 e. The second kappa shape index (κ2) is 6.90. The molecule has 2 atom stereocenters. The van der Waals surface area contributed by atoms with Gasteiger partial charge in [-0.15, -0.1) is 0 Å². The molecular weight excluding hydrogens is 281 g/mol. The van der Waals surface area contributed by atoms with Crippen molar-refractivity contribution in [3.63, 3.8) is 0 Å². The molecule has 2 aromatic rings. The van der Waals surface area contributed by atoms with E-state index in [-0.39, 0.29) is 11.9 Å². The van der Waals surface area contributed by atoms with Gasteiger partial charge in [0.25, 0.3) is 0 Å². The highest BCUT2D eigenvalue weighted by Gasteiger charge is 2.26. The average Bonchev–Trinajstić information content (AvgIpc) is 2.55. The lowest BCUT2D eigenvalue weighted by atomic mass is 9.99. The lowest BCUT2D eigenvalue weighted by Crippen LogP contribution is -2.41. The summed E-state index contributed by atoms with van der Waals surface area (Å²) in [6.45, 7) is 1.18. The lowest BCUT2D eigenvalue weighted by molar-refractivity contribution is 0.0243. The number of hydrogen-bond acceptors (Lipinski definition) is 3. The summed E-state index contributed by atoms with van der Waals surface area (Å²) in [6.07, 6.45) is 0.598. The highest BCUT2D eigenvalue weighted by atomic mass is 19.1. The van der Waals surface area contributed by atoms with Crippen LogP contribution in [0, 0.1) is 5.82 Å². The molecule has 3 nitrogen and oxygen atoms in total. The van der Waals surface area contributed by atoms with Crippen LogP contribution in [0.5, 0.6) is 5.75 Å². The van der Waals surface area contributed by atoms with Gasteiger partial charge >= 0.3 is 0 Å². The number of halogens is 1. The summed E-state index contributed by atoms with van der Waals surface area (Å²) in [5, 5.41) is 13.5. The Labute approximate surface area is 129 Å². The summed E-state index contributed by atoms with van der Waals surface area (Å²) >= 11 is 0. The first kappa shape index (κ1) is 15.0. The van der Waals surface area contributed by atoms with Gasteiger partial charge in [-0.25, -0.2) is 4.39 Å². The predicted molar refractivity (Wildman–Crippen MR) is 83.3 cm³/mol. The molecule has 0 spiro atoms. The Hall–Kier alpha value is -1.91. The molecular formula is C18H20FNO2. The van der Waals surface area contributed by atoms with Crippen LogP contribution in [0.15, 0.2) is 48.5 Å². The number of benzene rings is 2. The Kier molecular flexibility index (Phi) is 4.71. The van der Waals surface area contributed by atoms with Gasteiger partial charge in [0.05, 0.1) is 0 Å². The number of aryl methyl sites for hydroxylation is 1. The third-order valence-corrected chi connectivity index (χ3v) is 3.95. The van der Waals surface area contributed by atoms with Gasteiger partial charge < -0.3 is 15.2 Å². The first-order valence-corrected chi connectivity index (χ1v) is 7.60. The Balaban J connectivity index is 1.51. The van der Waals surface area contributed by atoms with E-state index in [2.05, 4.69) is 5.32 Å². The van der Waals surface area contributed by atoms with Crippen molar-refractivity contribution < 1.29 is 14.2 Å². The number of fused-ring (bicyclic) bond motifs is 1. The van der Waals surface area contributed by atoms with E-state index in [4.69, 9.17) is 4.74 Å². The summed E-state index contributed by atoms with van der Waals surface area (Å²) in [7, 11) is 0. The van der Waals surface area contributed by atoms with Crippen molar-refractivity contribution in [2.24, 2.45) is 0 Å². The van der Waals surface area contributed by atoms with Crippen molar-refractivity contribution in [2.75, 3.05) is 6.54 Å². The predicted octanol–water partition coefficient (Wildman–Crippen LogP) is 2.67. The molecule has 0 saturated heterocycles. The number of ether oxygens (including phenoxy) is 1. The van der Waals surface area contributed by atoms with Gasteiger partial charge in [0, 0.05) is 13.1 Å². The van der Waals surface area contributed by atoms with Gasteiger partial charge in [-0.2, -0.15) is 0 Å². The maximum absolute atomic E-state index is 13.2. The summed E-state index contributed by atoms with van der Waals surface area (Å²) in [6, 6.07) is 14.6. The molecule has 22 heavy (non-hydrogen) atoms. The zero-order valence-corrected chi connectivity index (χ0v) is 12.3.